The number of carbonyl (C=O) groups is 1. The number of hydrogen-bond acceptors (Lipinski definition) is 3. The van der Waals surface area contributed by atoms with E-state index in [-0.39, 0.29) is 12.2 Å². The highest BCUT2D eigenvalue weighted by molar-refractivity contribution is 5.94. The first-order chi connectivity index (χ1) is 8.54. The number of alkyl halides is 2. The van der Waals surface area contributed by atoms with Crippen LogP contribution in [0.1, 0.15) is 15.9 Å². The van der Waals surface area contributed by atoms with Gasteiger partial charge in [-0.1, -0.05) is 11.8 Å². The van der Waals surface area contributed by atoms with Gasteiger partial charge in [-0.15, -0.1) is 0 Å². The van der Waals surface area contributed by atoms with Crippen LogP contribution in [0.3, 0.4) is 0 Å². The predicted octanol–water partition coefficient (Wildman–Crippen LogP) is 0.762. The third-order valence-electron chi connectivity index (χ3n) is 2.06. The molecular weight excluding hydrogens is 242 g/mol. The molecule has 0 saturated carbocycles. The fraction of sp³-hybridized carbons (Fsp3) is 0.333. The molecule has 18 heavy (non-hydrogen) atoms. The Labute approximate surface area is 103 Å². The van der Waals surface area contributed by atoms with Crippen LogP contribution in [-0.2, 0) is 0 Å². The average Bonchev–Trinajstić information content (AvgIpc) is 2.35. The smallest absolute Gasteiger partial charge is 0.255 e. The largest absolute Gasteiger partial charge is 0.384 e. The van der Waals surface area contributed by atoms with Crippen molar-refractivity contribution in [2.24, 2.45) is 0 Å². The Bertz CT molecular complexity index is 480. The maximum atomic E-state index is 12.1. The first-order valence-corrected chi connectivity index (χ1v) is 5.13. The van der Waals surface area contributed by atoms with E-state index in [2.05, 4.69) is 16.8 Å². The lowest BCUT2D eigenvalue weighted by atomic mass is 10.2. The number of carbonyl (C=O) groups excluding carboxylic acids is 1. The highest BCUT2D eigenvalue weighted by Crippen LogP contribution is 2.06. The number of halogens is 2. The molecule has 1 aromatic rings. The number of hydrogen-bond donors (Lipinski definition) is 1. The number of nitrogens with zero attached hydrogens (tertiary/aromatic N) is 2. The molecule has 0 bridgehead atoms. The van der Waals surface area contributed by atoms with Crippen LogP contribution in [-0.4, -0.2) is 47.5 Å². The van der Waals surface area contributed by atoms with E-state index in [1.54, 1.807) is 0 Å². The molecule has 1 amide bonds. The van der Waals surface area contributed by atoms with Gasteiger partial charge in [0.2, 0.25) is 0 Å². The summed E-state index contributed by atoms with van der Waals surface area (Å²) < 4.78 is 24.3. The van der Waals surface area contributed by atoms with E-state index in [0.717, 1.165) is 4.90 Å². The molecule has 0 saturated heterocycles. The first kappa shape index (κ1) is 14.1. The second-order valence-corrected chi connectivity index (χ2v) is 3.50. The minimum atomic E-state index is -2.58. The lowest BCUT2D eigenvalue weighted by Gasteiger charge is -2.16. The summed E-state index contributed by atoms with van der Waals surface area (Å²) in [7, 11) is 1.29. The van der Waals surface area contributed by atoms with Crippen LogP contribution < -0.4 is 0 Å². The van der Waals surface area contributed by atoms with E-state index >= 15 is 0 Å². The molecule has 6 heteroatoms. The molecule has 1 heterocycles. The van der Waals surface area contributed by atoms with Gasteiger partial charge in [-0.3, -0.25) is 9.78 Å². The minimum absolute atomic E-state index is 0.183. The van der Waals surface area contributed by atoms with Gasteiger partial charge >= 0.3 is 0 Å². The Morgan fingerprint density at radius 3 is 2.89 bits per heavy atom. The second-order valence-electron chi connectivity index (χ2n) is 3.50. The maximum Gasteiger partial charge on any atom is 0.255 e. The Morgan fingerprint density at radius 1 is 1.56 bits per heavy atom. The molecule has 1 aromatic heterocycles. The topological polar surface area (TPSA) is 53.4 Å². The van der Waals surface area contributed by atoms with Crippen LogP contribution >= 0.6 is 0 Å². The van der Waals surface area contributed by atoms with Crippen molar-refractivity contribution in [3.8, 4) is 11.8 Å². The van der Waals surface area contributed by atoms with Crippen molar-refractivity contribution in [1.82, 2.24) is 9.88 Å². The molecule has 0 aliphatic rings. The molecule has 0 aliphatic carbocycles. The Kier molecular flexibility index (Phi) is 5.21. The number of amides is 1. The van der Waals surface area contributed by atoms with Crippen LogP contribution in [0.15, 0.2) is 18.5 Å². The molecule has 0 atom stereocenters. The molecule has 0 unspecified atom stereocenters. The molecule has 0 fully saturated rings. The van der Waals surface area contributed by atoms with Crippen molar-refractivity contribution in [3.63, 3.8) is 0 Å². The molecule has 0 aromatic carbocycles. The minimum Gasteiger partial charge on any atom is -0.384 e. The van der Waals surface area contributed by atoms with Gasteiger partial charge < -0.3 is 10.0 Å². The zero-order chi connectivity index (χ0) is 13.5. The van der Waals surface area contributed by atoms with E-state index in [9.17, 15) is 13.6 Å². The summed E-state index contributed by atoms with van der Waals surface area (Å²) in [6.07, 6.45) is 0.130. The van der Waals surface area contributed by atoms with Gasteiger partial charge in [0, 0.05) is 25.0 Å². The van der Waals surface area contributed by atoms with Crippen molar-refractivity contribution >= 4 is 5.91 Å². The van der Waals surface area contributed by atoms with Crippen LogP contribution in [0, 0.1) is 11.8 Å². The maximum absolute atomic E-state index is 12.1. The Balaban J connectivity index is 2.86. The monoisotopic (exact) mass is 254 g/mol. The fourth-order valence-electron chi connectivity index (χ4n) is 1.28. The quantitative estimate of drug-likeness (QED) is 0.810. The summed E-state index contributed by atoms with van der Waals surface area (Å²) in [5, 5.41) is 8.54. The van der Waals surface area contributed by atoms with Crippen molar-refractivity contribution in [2.45, 2.75) is 6.43 Å². The zero-order valence-corrected chi connectivity index (χ0v) is 9.73. The summed E-state index contributed by atoms with van der Waals surface area (Å²) in [5.74, 6) is 4.45. The highest BCUT2D eigenvalue weighted by atomic mass is 19.3. The summed E-state index contributed by atoms with van der Waals surface area (Å²) in [4.78, 5) is 16.5. The number of rotatable bonds is 3. The van der Waals surface area contributed by atoms with Crippen molar-refractivity contribution in [2.75, 3.05) is 20.2 Å². The standard InChI is InChI=1S/C12H12F2N2O2/c1-16(8-11(13)14)12(18)10-5-9(3-2-4-17)6-15-7-10/h5-7,11,17H,4,8H2,1H3. The molecule has 4 nitrogen and oxygen atoms in total. The normalized spacial score (nSPS) is 9.83. The molecule has 1 rings (SSSR count). The van der Waals surface area contributed by atoms with Crippen LogP contribution in [0.2, 0.25) is 0 Å². The van der Waals surface area contributed by atoms with E-state index in [1.807, 2.05) is 0 Å². The summed E-state index contributed by atoms with van der Waals surface area (Å²) in [6.45, 7) is -0.936. The average molecular weight is 254 g/mol. The summed E-state index contributed by atoms with van der Waals surface area (Å²) in [5.41, 5.74) is 0.628. The van der Waals surface area contributed by atoms with Crippen molar-refractivity contribution in [3.05, 3.63) is 29.6 Å². The number of aromatic nitrogens is 1. The van der Waals surface area contributed by atoms with Crippen LogP contribution in [0.25, 0.3) is 0 Å². The molecule has 0 aliphatic heterocycles. The lowest BCUT2D eigenvalue weighted by molar-refractivity contribution is 0.0620. The number of pyridine rings is 1. The third-order valence-corrected chi connectivity index (χ3v) is 2.06. The van der Waals surface area contributed by atoms with Gasteiger partial charge in [0.15, 0.2) is 0 Å². The molecule has 0 radical (unpaired) electrons. The number of aliphatic hydroxyl groups excluding tert-OH is 1. The van der Waals surface area contributed by atoms with Crippen molar-refractivity contribution in [1.29, 1.82) is 0 Å². The Hall–Kier alpha value is -2.00. The third kappa shape index (κ3) is 4.11. The molecular formula is C12H12F2N2O2. The lowest BCUT2D eigenvalue weighted by Crippen LogP contribution is -2.31. The van der Waals surface area contributed by atoms with E-state index in [0.29, 0.717) is 5.56 Å². The molecule has 0 spiro atoms. The summed E-state index contributed by atoms with van der Waals surface area (Å²) in [6, 6.07) is 1.44. The fourth-order valence-corrected chi connectivity index (χ4v) is 1.28. The van der Waals surface area contributed by atoms with Gasteiger partial charge in [-0.25, -0.2) is 8.78 Å². The van der Waals surface area contributed by atoms with Gasteiger partial charge in [0.1, 0.15) is 6.61 Å². The molecule has 1 N–H and O–H groups in total. The highest BCUT2D eigenvalue weighted by Gasteiger charge is 2.16. The first-order valence-electron chi connectivity index (χ1n) is 5.13. The zero-order valence-electron chi connectivity index (χ0n) is 9.73. The van der Waals surface area contributed by atoms with E-state index < -0.39 is 18.9 Å². The summed E-state index contributed by atoms with van der Waals surface area (Å²) >= 11 is 0. The van der Waals surface area contributed by atoms with E-state index in [4.69, 9.17) is 5.11 Å². The van der Waals surface area contributed by atoms with Gasteiger partial charge in [-0.05, 0) is 6.07 Å². The van der Waals surface area contributed by atoms with E-state index in [1.165, 1.54) is 25.5 Å². The molecule has 96 valence electrons. The SMILES string of the molecule is CN(CC(F)F)C(=O)c1cncc(C#CCO)c1. The predicted molar refractivity (Wildman–Crippen MR) is 61.2 cm³/mol. The van der Waals surface area contributed by atoms with Gasteiger partial charge in [0.05, 0.1) is 12.1 Å². The van der Waals surface area contributed by atoms with Crippen molar-refractivity contribution < 1.29 is 18.7 Å². The van der Waals surface area contributed by atoms with Gasteiger partial charge in [0.25, 0.3) is 12.3 Å². The second kappa shape index (κ2) is 6.67. The number of aliphatic hydroxyl groups is 1. The van der Waals surface area contributed by atoms with Crippen LogP contribution in [0.4, 0.5) is 8.78 Å². The van der Waals surface area contributed by atoms with Gasteiger partial charge in [-0.2, -0.15) is 0 Å². The van der Waals surface area contributed by atoms with Crippen LogP contribution in [0.5, 0.6) is 0 Å². The Morgan fingerprint density at radius 2 is 2.28 bits per heavy atom.